The zero-order valence-corrected chi connectivity index (χ0v) is 7.80. The molecule has 92 valence electrons. The molecule has 0 N–H and O–H groups in total. The van der Waals surface area contributed by atoms with Crippen LogP contribution >= 0.6 is 0 Å². The number of carbonyl (C=O) groups is 2. The van der Waals surface area contributed by atoms with E-state index >= 15 is 0 Å². The van der Waals surface area contributed by atoms with Crippen molar-refractivity contribution in [2.45, 2.75) is 12.4 Å². The summed E-state index contributed by atoms with van der Waals surface area (Å²) in [6, 6.07) is 0. The first-order chi connectivity index (χ1) is 6.21. The first kappa shape index (κ1) is 23.6. The molecule has 0 spiro atoms. The van der Waals surface area contributed by atoms with Crippen molar-refractivity contribution in [1.29, 1.82) is 0 Å². The SMILES string of the molecule is C=O.C=O.FC(F)(F)C#CC(F)(F)F.[Ni]. The van der Waals surface area contributed by atoms with Gasteiger partial charge < -0.3 is 9.59 Å². The van der Waals surface area contributed by atoms with Gasteiger partial charge in [0.25, 0.3) is 0 Å². The Labute approximate surface area is 90.9 Å². The van der Waals surface area contributed by atoms with Gasteiger partial charge in [-0.15, -0.1) is 0 Å². The summed E-state index contributed by atoms with van der Waals surface area (Å²) in [6.07, 6.45) is -10.1. The second-order valence-electron chi connectivity index (χ2n) is 1.25. The van der Waals surface area contributed by atoms with Crippen molar-refractivity contribution in [3.8, 4) is 11.8 Å². The van der Waals surface area contributed by atoms with Gasteiger partial charge in [-0.1, -0.05) is 0 Å². The molecule has 0 heterocycles. The van der Waals surface area contributed by atoms with E-state index in [2.05, 4.69) is 0 Å². The summed E-state index contributed by atoms with van der Waals surface area (Å²) in [5.41, 5.74) is 0. The van der Waals surface area contributed by atoms with Crippen molar-refractivity contribution in [2.24, 2.45) is 0 Å². The molecule has 0 bridgehead atoms. The standard InChI is InChI=1S/C4F6.2CH2O.Ni/c5-3(6,7)1-2-4(8,9)10;2*1-2;/h;2*1H2;. The number of rotatable bonds is 0. The maximum Gasteiger partial charge on any atom is 0.457 e. The van der Waals surface area contributed by atoms with Gasteiger partial charge in [-0.05, 0) is 0 Å². The molecular formula is C6H4F6NiO2. The van der Waals surface area contributed by atoms with Crippen LogP contribution < -0.4 is 0 Å². The predicted molar refractivity (Wildman–Crippen MR) is 34.1 cm³/mol. The van der Waals surface area contributed by atoms with Crippen molar-refractivity contribution in [2.75, 3.05) is 0 Å². The number of halogens is 6. The molecule has 0 aliphatic heterocycles. The Morgan fingerprint density at radius 3 is 0.867 bits per heavy atom. The molecule has 0 saturated heterocycles. The van der Waals surface area contributed by atoms with Crippen LogP contribution in [-0.2, 0) is 26.1 Å². The third-order valence-corrected chi connectivity index (χ3v) is 0.346. The summed E-state index contributed by atoms with van der Waals surface area (Å²) < 4.78 is 65.5. The second kappa shape index (κ2) is 11.1. The topological polar surface area (TPSA) is 34.1 Å². The van der Waals surface area contributed by atoms with Crippen LogP contribution in [0, 0.1) is 11.8 Å². The second-order valence-corrected chi connectivity index (χ2v) is 1.25. The summed E-state index contributed by atoms with van der Waals surface area (Å²) in [6.45, 7) is 4.00. The van der Waals surface area contributed by atoms with E-state index in [-0.39, 0.29) is 28.3 Å². The van der Waals surface area contributed by atoms with Gasteiger partial charge in [-0.25, -0.2) is 0 Å². The predicted octanol–water partition coefficient (Wildman–Crippen LogP) is 1.74. The summed E-state index contributed by atoms with van der Waals surface area (Å²) >= 11 is 0. The summed E-state index contributed by atoms with van der Waals surface area (Å²) in [7, 11) is 0. The molecule has 0 rings (SSSR count). The molecule has 0 fully saturated rings. The zero-order chi connectivity index (χ0) is 12.4. The van der Waals surface area contributed by atoms with Gasteiger partial charge in [0, 0.05) is 28.3 Å². The monoisotopic (exact) mass is 280 g/mol. The van der Waals surface area contributed by atoms with Crippen molar-refractivity contribution in [3.05, 3.63) is 0 Å². The molecule has 0 aromatic heterocycles. The van der Waals surface area contributed by atoms with Crippen LogP contribution in [0.3, 0.4) is 0 Å². The Morgan fingerprint density at radius 2 is 0.800 bits per heavy atom. The minimum Gasteiger partial charge on any atom is -0.307 e. The van der Waals surface area contributed by atoms with Crippen molar-refractivity contribution < 1.29 is 52.4 Å². The van der Waals surface area contributed by atoms with Gasteiger partial charge in [-0.2, -0.15) is 26.3 Å². The molecule has 0 atom stereocenters. The van der Waals surface area contributed by atoms with Gasteiger partial charge >= 0.3 is 12.4 Å². The molecule has 0 radical (unpaired) electrons. The quantitative estimate of drug-likeness (QED) is 0.385. The molecule has 9 heteroatoms. The fourth-order valence-electron chi connectivity index (χ4n) is 0.142. The Hall–Kier alpha value is -1.03. The third-order valence-electron chi connectivity index (χ3n) is 0.346. The van der Waals surface area contributed by atoms with Crippen molar-refractivity contribution in [1.82, 2.24) is 0 Å². The number of alkyl halides is 6. The van der Waals surface area contributed by atoms with E-state index in [4.69, 9.17) is 9.59 Å². The molecule has 0 amide bonds. The molecule has 0 unspecified atom stereocenters. The van der Waals surface area contributed by atoms with E-state index in [1.54, 1.807) is 0 Å². The third kappa shape index (κ3) is 43.8. The minimum absolute atomic E-state index is 0. The molecule has 0 aliphatic rings. The van der Waals surface area contributed by atoms with Crippen LogP contribution in [0.4, 0.5) is 26.3 Å². The summed E-state index contributed by atoms with van der Waals surface area (Å²) in [4.78, 5) is 16.0. The van der Waals surface area contributed by atoms with Crippen molar-refractivity contribution in [3.63, 3.8) is 0 Å². The number of hydrogen-bond donors (Lipinski definition) is 0. The van der Waals surface area contributed by atoms with E-state index in [9.17, 15) is 26.3 Å². The molecule has 0 aromatic carbocycles. The number of hydrogen-bond acceptors (Lipinski definition) is 2. The van der Waals surface area contributed by atoms with Crippen LogP contribution in [0.5, 0.6) is 0 Å². The van der Waals surface area contributed by atoms with Crippen LogP contribution in [0.15, 0.2) is 0 Å². The summed E-state index contributed by atoms with van der Waals surface area (Å²) in [5.74, 6) is 0.174. The number of carbonyl (C=O) groups excluding carboxylic acids is 2. The van der Waals surface area contributed by atoms with Crippen LogP contribution in [0.1, 0.15) is 0 Å². The van der Waals surface area contributed by atoms with Gasteiger partial charge in [0.15, 0.2) is 0 Å². The molecule has 15 heavy (non-hydrogen) atoms. The maximum atomic E-state index is 10.9. The smallest absolute Gasteiger partial charge is 0.307 e. The molecule has 0 aromatic rings. The van der Waals surface area contributed by atoms with E-state index in [1.807, 2.05) is 13.6 Å². The summed E-state index contributed by atoms with van der Waals surface area (Å²) in [5, 5.41) is 0. The Morgan fingerprint density at radius 1 is 0.667 bits per heavy atom. The zero-order valence-electron chi connectivity index (χ0n) is 6.81. The van der Waals surface area contributed by atoms with Gasteiger partial charge in [-0.3, -0.25) is 0 Å². The first-order valence-corrected chi connectivity index (χ1v) is 2.46. The minimum atomic E-state index is -5.07. The average Bonchev–Trinajstić information content (AvgIpc) is 2.06. The molecule has 0 saturated carbocycles. The first-order valence-electron chi connectivity index (χ1n) is 2.46. The van der Waals surface area contributed by atoms with Gasteiger partial charge in [0.2, 0.25) is 0 Å². The van der Waals surface area contributed by atoms with Crippen LogP contribution in [0.2, 0.25) is 0 Å². The fourth-order valence-corrected chi connectivity index (χ4v) is 0.142. The van der Waals surface area contributed by atoms with Gasteiger partial charge in [0.1, 0.15) is 13.6 Å². The Bertz CT molecular complexity index is 180. The van der Waals surface area contributed by atoms with E-state index in [1.165, 1.54) is 0 Å². The van der Waals surface area contributed by atoms with E-state index in [0.717, 1.165) is 0 Å². The average molecular weight is 281 g/mol. The van der Waals surface area contributed by atoms with E-state index < -0.39 is 12.4 Å². The van der Waals surface area contributed by atoms with Gasteiger partial charge in [0.05, 0.1) is 0 Å². The van der Waals surface area contributed by atoms with E-state index in [0.29, 0.717) is 0 Å². The van der Waals surface area contributed by atoms with Crippen molar-refractivity contribution >= 4 is 13.6 Å². The fraction of sp³-hybridized carbons (Fsp3) is 0.333. The largest absolute Gasteiger partial charge is 0.457 e. The Balaban J connectivity index is -0.000000107. The Kier molecular flexibility index (Phi) is 17.4. The maximum absolute atomic E-state index is 10.9. The normalized spacial score (nSPS) is 8.67. The van der Waals surface area contributed by atoms with Crippen LogP contribution in [-0.4, -0.2) is 25.9 Å². The molecular weight excluding hydrogens is 277 g/mol. The molecule has 0 aliphatic carbocycles. The molecule has 2 nitrogen and oxygen atoms in total. The van der Waals surface area contributed by atoms with Crippen LogP contribution in [0.25, 0.3) is 0 Å².